The van der Waals surface area contributed by atoms with Gasteiger partial charge in [-0.05, 0) is 56.2 Å². The number of amides is 1. The van der Waals surface area contributed by atoms with Gasteiger partial charge in [0.05, 0.1) is 17.6 Å². The fourth-order valence-electron chi connectivity index (χ4n) is 3.06. The summed E-state index contributed by atoms with van der Waals surface area (Å²) in [4.78, 5) is 16.5. The van der Waals surface area contributed by atoms with E-state index in [0.717, 1.165) is 22.6 Å². The Labute approximate surface area is 166 Å². The summed E-state index contributed by atoms with van der Waals surface area (Å²) in [6.07, 6.45) is 0.650. The third kappa shape index (κ3) is 4.60. The highest BCUT2D eigenvalue weighted by atomic mass is 16.5. The minimum absolute atomic E-state index is 0.124. The summed E-state index contributed by atoms with van der Waals surface area (Å²) >= 11 is 0. The first kappa shape index (κ1) is 19.7. The van der Waals surface area contributed by atoms with Gasteiger partial charge >= 0.3 is 0 Å². The van der Waals surface area contributed by atoms with Crippen LogP contribution >= 0.6 is 0 Å². The lowest BCUT2D eigenvalue weighted by Crippen LogP contribution is -2.27. The molecule has 0 aliphatic carbocycles. The van der Waals surface area contributed by atoms with Crippen LogP contribution in [0.1, 0.15) is 23.9 Å². The smallest absolute Gasteiger partial charge is 0.246 e. The van der Waals surface area contributed by atoms with Gasteiger partial charge in [-0.1, -0.05) is 24.8 Å². The van der Waals surface area contributed by atoms with Crippen LogP contribution in [-0.4, -0.2) is 28.6 Å². The largest absolute Gasteiger partial charge is 0.492 e. The minimum atomic E-state index is -0.124. The molecule has 5 heteroatoms. The number of benzene rings is 2. The van der Waals surface area contributed by atoms with Crippen LogP contribution in [0.25, 0.3) is 11.0 Å². The van der Waals surface area contributed by atoms with Crippen molar-refractivity contribution in [2.24, 2.45) is 0 Å². The number of nitrogens with one attached hydrogen (secondary N) is 1. The molecule has 5 nitrogen and oxygen atoms in total. The molecular weight excluding hydrogens is 350 g/mol. The van der Waals surface area contributed by atoms with E-state index in [9.17, 15) is 4.79 Å². The van der Waals surface area contributed by atoms with Crippen LogP contribution in [0.15, 0.2) is 54.6 Å². The predicted octanol–water partition coefficient (Wildman–Crippen LogP) is 3.97. The fraction of sp³-hybridized carbons (Fsp3) is 0.304. The van der Waals surface area contributed by atoms with Crippen LogP contribution in [0.2, 0.25) is 0 Å². The van der Waals surface area contributed by atoms with Crippen molar-refractivity contribution in [2.45, 2.75) is 33.7 Å². The maximum atomic E-state index is 11.7. The predicted molar refractivity (Wildman–Crippen MR) is 113 cm³/mol. The van der Waals surface area contributed by atoms with Crippen molar-refractivity contribution in [1.82, 2.24) is 14.9 Å². The highest BCUT2D eigenvalue weighted by Gasteiger charge is 2.11. The lowest BCUT2D eigenvalue weighted by atomic mass is 10.1. The van der Waals surface area contributed by atoms with Crippen molar-refractivity contribution in [1.29, 1.82) is 0 Å². The summed E-state index contributed by atoms with van der Waals surface area (Å²) in [5.41, 5.74) is 5.02. The van der Waals surface area contributed by atoms with E-state index in [2.05, 4.69) is 48.5 Å². The third-order valence-electron chi connectivity index (χ3n) is 4.82. The van der Waals surface area contributed by atoms with Gasteiger partial charge in [0.15, 0.2) is 0 Å². The molecule has 3 aromatic rings. The molecule has 3 rings (SSSR count). The number of nitrogens with zero attached hydrogens (tertiary/aromatic N) is 2. The molecule has 146 valence electrons. The molecule has 0 bridgehead atoms. The van der Waals surface area contributed by atoms with Gasteiger partial charge in [-0.3, -0.25) is 4.79 Å². The molecule has 0 aliphatic rings. The summed E-state index contributed by atoms with van der Waals surface area (Å²) in [6, 6.07) is 14.2. The van der Waals surface area contributed by atoms with Gasteiger partial charge in [0, 0.05) is 18.5 Å². The van der Waals surface area contributed by atoms with E-state index in [1.54, 1.807) is 6.92 Å². The Morgan fingerprint density at radius 3 is 2.71 bits per heavy atom. The Balaban J connectivity index is 1.70. The first-order valence-corrected chi connectivity index (χ1v) is 9.53. The molecule has 0 saturated heterocycles. The minimum Gasteiger partial charge on any atom is -0.492 e. The van der Waals surface area contributed by atoms with Crippen molar-refractivity contribution in [3.05, 3.63) is 71.6 Å². The van der Waals surface area contributed by atoms with Crippen molar-refractivity contribution in [3.8, 4) is 5.75 Å². The van der Waals surface area contributed by atoms with Crippen LogP contribution in [0.3, 0.4) is 0 Å². The number of aromatic nitrogens is 2. The molecule has 0 atom stereocenters. The van der Waals surface area contributed by atoms with E-state index in [0.29, 0.717) is 31.7 Å². The second kappa shape index (κ2) is 8.74. The number of carbonyl (C=O) groups excluding carboxylic acids is 1. The number of fused-ring (bicyclic) bond motifs is 1. The maximum absolute atomic E-state index is 11.7. The summed E-state index contributed by atoms with van der Waals surface area (Å²) in [6.45, 7) is 11.3. The van der Waals surface area contributed by atoms with E-state index in [1.165, 1.54) is 11.1 Å². The van der Waals surface area contributed by atoms with E-state index in [4.69, 9.17) is 9.72 Å². The molecule has 2 aromatic carbocycles. The van der Waals surface area contributed by atoms with Gasteiger partial charge in [-0.2, -0.15) is 0 Å². The Morgan fingerprint density at radius 2 is 1.96 bits per heavy atom. The summed E-state index contributed by atoms with van der Waals surface area (Å²) in [5.74, 6) is 1.69. The Morgan fingerprint density at radius 1 is 1.18 bits per heavy atom. The number of hydrogen-bond donors (Lipinski definition) is 1. The zero-order valence-corrected chi connectivity index (χ0v) is 16.8. The summed E-state index contributed by atoms with van der Waals surface area (Å²) in [7, 11) is 0. The number of aryl methyl sites for hydroxylation is 2. The summed E-state index contributed by atoms with van der Waals surface area (Å²) < 4.78 is 8.13. The van der Waals surface area contributed by atoms with E-state index < -0.39 is 0 Å². The normalized spacial score (nSPS) is 10.8. The molecule has 1 aromatic heterocycles. The van der Waals surface area contributed by atoms with Gasteiger partial charge in [0.25, 0.3) is 0 Å². The van der Waals surface area contributed by atoms with Crippen molar-refractivity contribution >= 4 is 16.9 Å². The number of ether oxygens (including phenoxy) is 1. The van der Waals surface area contributed by atoms with Crippen LogP contribution in [0.4, 0.5) is 0 Å². The first-order valence-electron chi connectivity index (χ1n) is 9.53. The second-order valence-corrected chi connectivity index (χ2v) is 7.05. The highest BCUT2D eigenvalue weighted by molar-refractivity contribution is 5.92. The fourth-order valence-corrected chi connectivity index (χ4v) is 3.06. The van der Waals surface area contributed by atoms with Gasteiger partial charge in [0.1, 0.15) is 18.2 Å². The number of rotatable bonds is 8. The molecule has 0 saturated carbocycles. The van der Waals surface area contributed by atoms with E-state index in [1.807, 2.05) is 24.3 Å². The zero-order valence-electron chi connectivity index (χ0n) is 16.8. The topological polar surface area (TPSA) is 56.2 Å². The molecular formula is C23H27N3O2. The van der Waals surface area contributed by atoms with Crippen LogP contribution in [-0.2, 0) is 17.8 Å². The quantitative estimate of drug-likeness (QED) is 0.605. The van der Waals surface area contributed by atoms with Crippen LogP contribution in [0.5, 0.6) is 5.75 Å². The molecule has 0 spiro atoms. The van der Waals surface area contributed by atoms with Crippen LogP contribution in [0, 0.1) is 13.8 Å². The number of hydrogen-bond acceptors (Lipinski definition) is 3. The average molecular weight is 377 g/mol. The number of carbonyl (C=O) groups is 1. The molecule has 1 amide bonds. The van der Waals surface area contributed by atoms with Crippen LogP contribution < -0.4 is 10.1 Å². The van der Waals surface area contributed by atoms with Crippen molar-refractivity contribution in [2.75, 3.05) is 13.2 Å². The highest BCUT2D eigenvalue weighted by Crippen LogP contribution is 2.19. The van der Waals surface area contributed by atoms with Gasteiger partial charge in [-0.25, -0.2) is 4.98 Å². The molecule has 1 heterocycles. The Bertz CT molecular complexity index is 1000. The maximum Gasteiger partial charge on any atom is 0.246 e. The lowest BCUT2D eigenvalue weighted by molar-refractivity contribution is -0.117. The average Bonchev–Trinajstić information content (AvgIpc) is 3.02. The molecule has 0 fully saturated rings. The van der Waals surface area contributed by atoms with Gasteiger partial charge < -0.3 is 14.6 Å². The first-order chi connectivity index (χ1) is 13.5. The third-order valence-corrected chi connectivity index (χ3v) is 4.82. The molecule has 28 heavy (non-hydrogen) atoms. The SMILES string of the molecule is C=C(C)C(=O)NCCc1nc2ccccc2n1CCOc1ccc(C)c(C)c1. The molecule has 1 N–H and O–H groups in total. The molecule has 0 unspecified atom stereocenters. The van der Waals surface area contributed by atoms with Gasteiger partial charge in [0.2, 0.25) is 5.91 Å². The lowest BCUT2D eigenvalue weighted by Gasteiger charge is -2.12. The Hall–Kier alpha value is -3.08. The molecule has 0 radical (unpaired) electrons. The molecule has 0 aliphatic heterocycles. The number of para-hydroxylation sites is 2. The van der Waals surface area contributed by atoms with E-state index >= 15 is 0 Å². The number of imidazole rings is 1. The van der Waals surface area contributed by atoms with Crippen molar-refractivity contribution < 1.29 is 9.53 Å². The second-order valence-electron chi connectivity index (χ2n) is 7.05. The van der Waals surface area contributed by atoms with Crippen molar-refractivity contribution in [3.63, 3.8) is 0 Å². The standard InChI is InChI=1S/C23H27N3O2/c1-16(2)23(27)24-12-11-22-25-20-7-5-6-8-21(20)26(22)13-14-28-19-10-9-17(3)18(4)15-19/h5-10,15H,1,11-14H2,2-4H3,(H,24,27). The van der Waals surface area contributed by atoms with Gasteiger partial charge in [-0.15, -0.1) is 0 Å². The van der Waals surface area contributed by atoms with E-state index in [-0.39, 0.29) is 5.91 Å². The zero-order chi connectivity index (χ0) is 20.1. The Kier molecular flexibility index (Phi) is 6.14. The monoisotopic (exact) mass is 377 g/mol. The summed E-state index contributed by atoms with van der Waals surface area (Å²) in [5, 5.41) is 2.87.